The molecule has 1 heterocycles. The van der Waals surface area contributed by atoms with Crippen molar-refractivity contribution < 1.29 is 27.8 Å². The predicted octanol–water partition coefficient (Wildman–Crippen LogP) is 1.43. The summed E-state index contributed by atoms with van der Waals surface area (Å²) in [4.78, 5) is 11.4. The number of nitrogens with one attached hydrogen (secondary N) is 1. The molecule has 0 aliphatic carbocycles. The SMILES string of the molecule is O=C(O)[C@H](Cc1ccccc1)NS(=O)(=O)c1ccc2c(c1)OCCO2. The van der Waals surface area contributed by atoms with Crippen molar-refractivity contribution in [1.82, 2.24) is 4.72 Å². The summed E-state index contributed by atoms with van der Waals surface area (Å²) in [5, 5.41) is 9.37. The summed E-state index contributed by atoms with van der Waals surface area (Å²) < 4.78 is 38.1. The largest absolute Gasteiger partial charge is 0.486 e. The van der Waals surface area contributed by atoms with E-state index in [2.05, 4.69) is 4.72 Å². The van der Waals surface area contributed by atoms with Crippen LogP contribution in [0.2, 0.25) is 0 Å². The Kier molecular flexibility index (Phi) is 4.91. The van der Waals surface area contributed by atoms with Crippen LogP contribution in [0, 0.1) is 0 Å². The Morgan fingerprint density at radius 3 is 2.44 bits per heavy atom. The monoisotopic (exact) mass is 363 g/mol. The number of hydrogen-bond acceptors (Lipinski definition) is 5. The minimum Gasteiger partial charge on any atom is -0.486 e. The fourth-order valence-electron chi connectivity index (χ4n) is 2.48. The average Bonchev–Trinajstić information content (AvgIpc) is 2.61. The predicted molar refractivity (Wildman–Crippen MR) is 89.3 cm³/mol. The fraction of sp³-hybridized carbons (Fsp3) is 0.235. The van der Waals surface area contributed by atoms with E-state index in [1.807, 2.05) is 0 Å². The smallest absolute Gasteiger partial charge is 0.322 e. The Labute approximate surface area is 145 Å². The molecule has 1 aliphatic heterocycles. The van der Waals surface area contributed by atoms with Crippen LogP contribution in [0.3, 0.4) is 0 Å². The summed E-state index contributed by atoms with van der Waals surface area (Å²) in [7, 11) is -4.02. The number of sulfonamides is 1. The number of carboxylic acid groups (broad SMARTS) is 1. The van der Waals surface area contributed by atoms with Gasteiger partial charge in [-0.05, 0) is 24.1 Å². The lowest BCUT2D eigenvalue weighted by atomic mass is 10.1. The second-order valence-corrected chi connectivity index (χ2v) is 7.22. The van der Waals surface area contributed by atoms with Crippen LogP contribution in [0.1, 0.15) is 5.56 Å². The zero-order valence-electron chi connectivity index (χ0n) is 13.2. The van der Waals surface area contributed by atoms with Crippen LogP contribution in [-0.4, -0.2) is 38.7 Å². The molecule has 0 unspecified atom stereocenters. The molecule has 0 fully saturated rings. The van der Waals surface area contributed by atoms with Gasteiger partial charge in [0.25, 0.3) is 0 Å². The maximum absolute atomic E-state index is 12.6. The lowest BCUT2D eigenvalue weighted by molar-refractivity contribution is -0.138. The van der Waals surface area contributed by atoms with Crippen LogP contribution in [0.15, 0.2) is 53.4 Å². The summed E-state index contributed by atoms with van der Waals surface area (Å²) in [5.74, 6) is -0.460. The first kappa shape index (κ1) is 17.2. The normalized spacial score (nSPS) is 14.7. The summed E-state index contributed by atoms with van der Waals surface area (Å²) in [6.07, 6.45) is 0.0416. The molecule has 25 heavy (non-hydrogen) atoms. The first-order chi connectivity index (χ1) is 12.0. The second kappa shape index (κ2) is 7.12. The molecule has 0 aromatic heterocycles. The Bertz CT molecular complexity index is 866. The molecule has 1 atom stereocenters. The maximum atomic E-state index is 12.6. The third-order valence-corrected chi connectivity index (χ3v) is 5.17. The van der Waals surface area contributed by atoms with Crippen molar-refractivity contribution in [2.45, 2.75) is 17.4 Å². The highest BCUT2D eigenvalue weighted by Gasteiger charge is 2.27. The molecular formula is C17H17NO6S. The lowest BCUT2D eigenvalue weighted by Crippen LogP contribution is -2.42. The number of hydrogen-bond donors (Lipinski definition) is 2. The molecule has 0 spiro atoms. The van der Waals surface area contributed by atoms with Crippen LogP contribution in [-0.2, 0) is 21.2 Å². The molecule has 7 nitrogen and oxygen atoms in total. The fourth-order valence-corrected chi connectivity index (χ4v) is 3.68. The summed E-state index contributed by atoms with van der Waals surface area (Å²) in [5.41, 5.74) is 0.722. The van der Waals surface area contributed by atoms with Gasteiger partial charge in [-0.1, -0.05) is 30.3 Å². The number of aliphatic carboxylic acids is 1. The Balaban J connectivity index is 1.82. The van der Waals surface area contributed by atoms with E-state index in [-0.39, 0.29) is 11.3 Å². The summed E-state index contributed by atoms with van der Waals surface area (Å²) >= 11 is 0. The van der Waals surface area contributed by atoms with Crippen LogP contribution < -0.4 is 14.2 Å². The number of carbonyl (C=O) groups is 1. The molecule has 2 aromatic rings. The van der Waals surface area contributed by atoms with E-state index in [0.717, 1.165) is 5.56 Å². The maximum Gasteiger partial charge on any atom is 0.322 e. The molecule has 0 bridgehead atoms. The van der Waals surface area contributed by atoms with Crippen molar-refractivity contribution in [2.24, 2.45) is 0 Å². The van der Waals surface area contributed by atoms with Gasteiger partial charge in [0.1, 0.15) is 19.3 Å². The zero-order chi connectivity index (χ0) is 17.9. The van der Waals surface area contributed by atoms with Crippen LogP contribution in [0.25, 0.3) is 0 Å². The van der Waals surface area contributed by atoms with Gasteiger partial charge in [0.2, 0.25) is 10.0 Å². The first-order valence-electron chi connectivity index (χ1n) is 7.64. The van der Waals surface area contributed by atoms with Crippen molar-refractivity contribution in [2.75, 3.05) is 13.2 Å². The van der Waals surface area contributed by atoms with Gasteiger partial charge in [-0.15, -0.1) is 0 Å². The molecule has 0 amide bonds. The van der Waals surface area contributed by atoms with Gasteiger partial charge in [0, 0.05) is 6.07 Å². The van der Waals surface area contributed by atoms with Crippen LogP contribution >= 0.6 is 0 Å². The van der Waals surface area contributed by atoms with Crippen molar-refractivity contribution in [3.8, 4) is 11.5 Å². The van der Waals surface area contributed by atoms with E-state index in [9.17, 15) is 18.3 Å². The van der Waals surface area contributed by atoms with Gasteiger partial charge < -0.3 is 14.6 Å². The highest BCUT2D eigenvalue weighted by atomic mass is 32.2. The van der Waals surface area contributed by atoms with E-state index < -0.39 is 22.0 Å². The van der Waals surface area contributed by atoms with E-state index in [4.69, 9.17) is 9.47 Å². The molecule has 0 saturated carbocycles. The molecule has 3 rings (SSSR count). The van der Waals surface area contributed by atoms with E-state index in [1.165, 1.54) is 18.2 Å². The Morgan fingerprint density at radius 1 is 1.08 bits per heavy atom. The highest BCUT2D eigenvalue weighted by molar-refractivity contribution is 7.89. The molecule has 1 aliphatic rings. The quantitative estimate of drug-likeness (QED) is 0.805. The van der Waals surface area contributed by atoms with Gasteiger partial charge >= 0.3 is 5.97 Å². The molecule has 8 heteroatoms. The molecule has 2 N–H and O–H groups in total. The minimum atomic E-state index is -4.02. The number of benzene rings is 2. The van der Waals surface area contributed by atoms with Crippen molar-refractivity contribution in [1.29, 1.82) is 0 Å². The average molecular weight is 363 g/mol. The summed E-state index contributed by atoms with van der Waals surface area (Å²) in [6, 6.07) is 11.7. The van der Waals surface area contributed by atoms with E-state index >= 15 is 0 Å². The lowest BCUT2D eigenvalue weighted by Gasteiger charge is -2.20. The van der Waals surface area contributed by atoms with Gasteiger partial charge in [-0.2, -0.15) is 4.72 Å². The third-order valence-electron chi connectivity index (χ3n) is 3.70. The highest BCUT2D eigenvalue weighted by Crippen LogP contribution is 2.32. The van der Waals surface area contributed by atoms with E-state index in [1.54, 1.807) is 30.3 Å². The summed E-state index contributed by atoms with van der Waals surface area (Å²) in [6.45, 7) is 0.727. The number of rotatable bonds is 6. The minimum absolute atomic E-state index is 0.0416. The third kappa shape index (κ3) is 4.09. The second-order valence-electron chi connectivity index (χ2n) is 5.51. The Morgan fingerprint density at radius 2 is 1.76 bits per heavy atom. The molecular weight excluding hydrogens is 346 g/mol. The number of ether oxygens (including phenoxy) is 2. The number of carboxylic acids is 1. The van der Waals surface area contributed by atoms with Crippen LogP contribution in [0.4, 0.5) is 0 Å². The van der Waals surface area contributed by atoms with Crippen molar-refractivity contribution in [3.63, 3.8) is 0 Å². The van der Waals surface area contributed by atoms with Crippen molar-refractivity contribution in [3.05, 3.63) is 54.1 Å². The molecule has 0 saturated heterocycles. The van der Waals surface area contributed by atoms with Crippen molar-refractivity contribution >= 4 is 16.0 Å². The number of fused-ring (bicyclic) bond motifs is 1. The molecule has 132 valence electrons. The van der Waals surface area contributed by atoms with E-state index in [0.29, 0.717) is 24.7 Å². The van der Waals surface area contributed by atoms with Gasteiger partial charge in [0.15, 0.2) is 11.5 Å². The first-order valence-corrected chi connectivity index (χ1v) is 9.13. The van der Waals surface area contributed by atoms with Gasteiger partial charge in [-0.25, -0.2) is 8.42 Å². The van der Waals surface area contributed by atoms with Crippen LogP contribution in [0.5, 0.6) is 11.5 Å². The zero-order valence-corrected chi connectivity index (χ0v) is 14.0. The topological polar surface area (TPSA) is 102 Å². The molecule has 0 radical (unpaired) electrons. The molecule has 2 aromatic carbocycles. The van der Waals surface area contributed by atoms with Gasteiger partial charge in [0.05, 0.1) is 4.90 Å². The van der Waals surface area contributed by atoms with Gasteiger partial charge in [-0.3, -0.25) is 4.79 Å². The Hall–Kier alpha value is -2.58. The standard InChI is InChI=1S/C17H17NO6S/c19-17(20)14(10-12-4-2-1-3-5-12)18-25(21,22)13-6-7-15-16(11-13)24-9-8-23-15/h1-7,11,14,18H,8-10H2,(H,19,20)/t14-/m0/s1.